The third-order valence-corrected chi connectivity index (χ3v) is 2.42. The normalized spacial score (nSPS) is 14.5. The summed E-state index contributed by atoms with van der Waals surface area (Å²) in [7, 11) is 0. The quantitative estimate of drug-likeness (QED) is 0.791. The van der Waals surface area contributed by atoms with Crippen LogP contribution in [0, 0.1) is 11.3 Å². The van der Waals surface area contributed by atoms with Gasteiger partial charge in [0, 0.05) is 18.8 Å². The first-order valence-corrected chi connectivity index (χ1v) is 5.31. The fraction of sp³-hybridized carbons (Fsp3) is 0.636. The van der Waals surface area contributed by atoms with E-state index in [9.17, 15) is 0 Å². The molecule has 1 aromatic rings. The molecular formula is C11H18N4. The van der Waals surface area contributed by atoms with E-state index >= 15 is 0 Å². The summed E-state index contributed by atoms with van der Waals surface area (Å²) in [5.41, 5.74) is -0.515. The van der Waals surface area contributed by atoms with Gasteiger partial charge < -0.3 is 4.57 Å². The van der Waals surface area contributed by atoms with Gasteiger partial charge in [0.2, 0.25) is 0 Å². The highest BCUT2D eigenvalue weighted by Crippen LogP contribution is 2.09. The number of hydrogen-bond acceptors (Lipinski definition) is 3. The number of nitrogens with zero attached hydrogens (tertiary/aromatic N) is 3. The Morgan fingerprint density at radius 2 is 2.33 bits per heavy atom. The summed E-state index contributed by atoms with van der Waals surface area (Å²) in [5, 5.41) is 12.3. The van der Waals surface area contributed by atoms with Crippen molar-refractivity contribution in [3.05, 3.63) is 18.2 Å². The van der Waals surface area contributed by atoms with Crippen molar-refractivity contribution in [2.24, 2.45) is 0 Å². The second-order valence-corrected chi connectivity index (χ2v) is 3.80. The minimum atomic E-state index is -0.515. The van der Waals surface area contributed by atoms with Crippen LogP contribution in [0.25, 0.3) is 0 Å². The van der Waals surface area contributed by atoms with Crippen LogP contribution in [-0.4, -0.2) is 21.6 Å². The van der Waals surface area contributed by atoms with Gasteiger partial charge in [0.25, 0.3) is 0 Å². The molecular weight excluding hydrogens is 188 g/mol. The lowest BCUT2D eigenvalue weighted by atomic mass is 10.0. The minimum Gasteiger partial charge on any atom is -0.332 e. The van der Waals surface area contributed by atoms with E-state index in [0.29, 0.717) is 6.54 Å². The second-order valence-electron chi connectivity index (χ2n) is 3.80. The van der Waals surface area contributed by atoms with Crippen molar-refractivity contribution < 1.29 is 0 Å². The third-order valence-electron chi connectivity index (χ3n) is 2.42. The number of hydrogen-bond donors (Lipinski definition) is 1. The monoisotopic (exact) mass is 206 g/mol. The Kier molecular flexibility index (Phi) is 3.87. The molecule has 1 rings (SSSR count). The second kappa shape index (κ2) is 4.94. The van der Waals surface area contributed by atoms with Gasteiger partial charge in [-0.3, -0.25) is 5.32 Å². The number of likely N-dealkylation sites (N-methyl/N-ethyl adjacent to an activating group) is 1. The Morgan fingerprint density at radius 3 is 2.87 bits per heavy atom. The van der Waals surface area contributed by atoms with Crippen LogP contribution in [0.15, 0.2) is 12.4 Å². The van der Waals surface area contributed by atoms with Gasteiger partial charge in [-0.15, -0.1) is 0 Å². The Balaban J connectivity index is 2.80. The topological polar surface area (TPSA) is 53.6 Å². The van der Waals surface area contributed by atoms with E-state index in [1.165, 1.54) is 0 Å². The van der Waals surface area contributed by atoms with Crippen LogP contribution >= 0.6 is 0 Å². The van der Waals surface area contributed by atoms with E-state index in [4.69, 9.17) is 5.26 Å². The number of nitrogens with one attached hydrogen (secondary N) is 1. The molecule has 0 aromatic carbocycles. The van der Waals surface area contributed by atoms with Gasteiger partial charge in [0.05, 0.1) is 12.6 Å². The van der Waals surface area contributed by atoms with E-state index < -0.39 is 5.54 Å². The van der Waals surface area contributed by atoms with Crippen molar-refractivity contribution in [3.63, 3.8) is 0 Å². The maximum atomic E-state index is 9.13. The average molecular weight is 206 g/mol. The van der Waals surface area contributed by atoms with Crippen LogP contribution in [-0.2, 0) is 13.0 Å². The van der Waals surface area contributed by atoms with Crippen molar-refractivity contribution in [2.45, 2.75) is 39.3 Å². The van der Waals surface area contributed by atoms with Gasteiger partial charge in [0.1, 0.15) is 11.4 Å². The van der Waals surface area contributed by atoms with E-state index in [2.05, 4.69) is 23.3 Å². The standard InChI is InChI=1S/C11H18N4/c1-4-10-13-6-7-15(10)9-11(3,8-12)14-5-2/h6-7,14H,4-5,9H2,1-3H3. The molecule has 0 spiro atoms. The van der Waals surface area contributed by atoms with E-state index in [0.717, 1.165) is 18.8 Å². The number of aromatic nitrogens is 2. The third kappa shape index (κ3) is 2.80. The molecule has 0 aliphatic rings. The smallest absolute Gasteiger partial charge is 0.122 e. The molecule has 0 saturated heterocycles. The highest BCUT2D eigenvalue weighted by molar-refractivity contribution is 5.06. The van der Waals surface area contributed by atoms with Crippen molar-refractivity contribution in [1.29, 1.82) is 5.26 Å². The molecule has 0 amide bonds. The summed E-state index contributed by atoms with van der Waals surface area (Å²) in [4.78, 5) is 4.24. The summed E-state index contributed by atoms with van der Waals surface area (Å²) < 4.78 is 2.03. The Bertz CT molecular complexity index is 350. The lowest BCUT2D eigenvalue weighted by Crippen LogP contribution is -2.44. The molecule has 1 heterocycles. The zero-order chi connectivity index (χ0) is 11.3. The molecule has 4 nitrogen and oxygen atoms in total. The van der Waals surface area contributed by atoms with Crippen LogP contribution in [0.4, 0.5) is 0 Å². The Hall–Kier alpha value is -1.34. The van der Waals surface area contributed by atoms with E-state index in [1.807, 2.05) is 24.6 Å². The van der Waals surface area contributed by atoms with Crippen LogP contribution in [0.2, 0.25) is 0 Å². The van der Waals surface area contributed by atoms with Crippen molar-refractivity contribution in [1.82, 2.24) is 14.9 Å². The number of aryl methyl sites for hydroxylation is 1. The van der Waals surface area contributed by atoms with Gasteiger partial charge in [-0.25, -0.2) is 4.98 Å². The summed E-state index contributed by atoms with van der Waals surface area (Å²) in [6.07, 6.45) is 4.59. The van der Waals surface area contributed by atoms with Crippen LogP contribution < -0.4 is 5.32 Å². The highest BCUT2D eigenvalue weighted by Gasteiger charge is 2.23. The summed E-state index contributed by atoms with van der Waals surface area (Å²) in [6, 6.07) is 2.31. The molecule has 0 radical (unpaired) electrons. The molecule has 1 atom stereocenters. The Labute approximate surface area is 90.9 Å². The zero-order valence-electron chi connectivity index (χ0n) is 9.62. The minimum absolute atomic E-state index is 0.515. The predicted octanol–water partition coefficient (Wildman–Crippen LogP) is 1.34. The molecule has 0 saturated carbocycles. The molecule has 1 N–H and O–H groups in total. The first-order chi connectivity index (χ1) is 7.15. The summed E-state index contributed by atoms with van der Waals surface area (Å²) in [6.45, 7) is 7.41. The van der Waals surface area contributed by atoms with Gasteiger partial charge in [-0.2, -0.15) is 5.26 Å². The summed E-state index contributed by atoms with van der Waals surface area (Å²) in [5.74, 6) is 1.02. The van der Waals surface area contributed by atoms with Crippen molar-refractivity contribution >= 4 is 0 Å². The number of rotatable bonds is 5. The summed E-state index contributed by atoms with van der Waals surface area (Å²) >= 11 is 0. The molecule has 0 aliphatic carbocycles. The molecule has 4 heteroatoms. The highest BCUT2D eigenvalue weighted by atomic mass is 15.1. The van der Waals surface area contributed by atoms with E-state index in [-0.39, 0.29) is 0 Å². The van der Waals surface area contributed by atoms with Crippen LogP contribution in [0.3, 0.4) is 0 Å². The predicted molar refractivity (Wildman–Crippen MR) is 59.3 cm³/mol. The van der Waals surface area contributed by atoms with Gasteiger partial charge in [-0.1, -0.05) is 13.8 Å². The van der Waals surface area contributed by atoms with Crippen LogP contribution in [0.5, 0.6) is 0 Å². The molecule has 0 aliphatic heterocycles. The number of imidazole rings is 1. The molecule has 1 aromatic heterocycles. The van der Waals surface area contributed by atoms with Gasteiger partial charge in [-0.05, 0) is 13.5 Å². The molecule has 0 bridgehead atoms. The van der Waals surface area contributed by atoms with Crippen LogP contribution in [0.1, 0.15) is 26.6 Å². The molecule has 15 heavy (non-hydrogen) atoms. The van der Waals surface area contributed by atoms with Gasteiger partial charge >= 0.3 is 0 Å². The first kappa shape index (κ1) is 11.7. The Morgan fingerprint density at radius 1 is 1.60 bits per heavy atom. The first-order valence-electron chi connectivity index (χ1n) is 5.31. The largest absolute Gasteiger partial charge is 0.332 e. The SMILES string of the molecule is CCNC(C)(C#N)Cn1ccnc1CC. The lowest BCUT2D eigenvalue weighted by molar-refractivity contribution is 0.391. The van der Waals surface area contributed by atoms with Gasteiger partial charge in [0.15, 0.2) is 0 Å². The fourth-order valence-corrected chi connectivity index (χ4v) is 1.66. The molecule has 0 fully saturated rings. The molecule has 82 valence electrons. The average Bonchev–Trinajstić information content (AvgIpc) is 2.65. The van der Waals surface area contributed by atoms with Crippen molar-refractivity contribution in [3.8, 4) is 6.07 Å². The van der Waals surface area contributed by atoms with Crippen molar-refractivity contribution in [2.75, 3.05) is 6.54 Å². The number of nitriles is 1. The lowest BCUT2D eigenvalue weighted by Gasteiger charge is -2.23. The van der Waals surface area contributed by atoms with E-state index in [1.54, 1.807) is 6.20 Å². The maximum absolute atomic E-state index is 9.13. The zero-order valence-corrected chi connectivity index (χ0v) is 9.62. The fourth-order valence-electron chi connectivity index (χ4n) is 1.66. The molecule has 1 unspecified atom stereocenters. The maximum Gasteiger partial charge on any atom is 0.122 e.